The molecular weight excluding hydrogens is 356 g/mol. The minimum Gasteiger partial charge on any atom is -0.493 e. The van der Waals surface area contributed by atoms with Crippen molar-refractivity contribution in [1.82, 2.24) is 5.32 Å². The molecule has 1 N–H and O–H groups in total. The molecule has 150 valence electrons. The Balaban J connectivity index is 1.85. The van der Waals surface area contributed by atoms with Crippen LogP contribution in [0.5, 0.6) is 11.5 Å². The Hall–Kier alpha value is -3.02. The number of para-hydroxylation sites is 1. The van der Waals surface area contributed by atoms with Crippen molar-refractivity contribution in [2.45, 2.75) is 26.7 Å². The molecule has 28 heavy (non-hydrogen) atoms. The third kappa shape index (κ3) is 5.74. The first-order chi connectivity index (χ1) is 13.5. The number of carbonyl (C=O) groups is 2. The molecule has 0 aromatic heterocycles. The number of nitrogens with one attached hydrogen (secondary N) is 1. The molecule has 0 saturated carbocycles. The minimum atomic E-state index is -0.0830. The molecule has 0 aliphatic heterocycles. The van der Waals surface area contributed by atoms with Crippen LogP contribution in [-0.2, 0) is 16.0 Å². The lowest BCUT2D eigenvalue weighted by Crippen LogP contribution is -2.34. The van der Waals surface area contributed by atoms with E-state index in [9.17, 15) is 9.59 Å². The largest absolute Gasteiger partial charge is 0.493 e. The first-order valence-electron chi connectivity index (χ1n) is 9.27. The number of amides is 2. The summed E-state index contributed by atoms with van der Waals surface area (Å²) in [6.07, 6.45) is 0.931. The van der Waals surface area contributed by atoms with Gasteiger partial charge in [-0.3, -0.25) is 9.59 Å². The van der Waals surface area contributed by atoms with Crippen LogP contribution in [0.3, 0.4) is 0 Å². The van der Waals surface area contributed by atoms with Crippen molar-refractivity contribution >= 4 is 17.5 Å². The van der Waals surface area contributed by atoms with E-state index in [1.54, 1.807) is 19.1 Å². The van der Waals surface area contributed by atoms with Crippen molar-refractivity contribution in [2.24, 2.45) is 0 Å². The van der Waals surface area contributed by atoms with Crippen LogP contribution in [0.4, 0.5) is 5.69 Å². The molecule has 0 bridgehead atoms. The average molecular weight is 384 g/mol. The second-order valence-corrected chi connectivity index (χ2v) is 6.50. The number of ether oxygens (including phenoxy) is 2. The van der Waals surface area contributed by atoms with Gasteiger partial charge in [0.05, 0.1) is 14.2 Å². The summed E-state index contributed by atoms with van der Waals surface area (Å²) in [7, 11) is 3.19. The first-order valence-corrected chi connectivity index (χ1v) is 9.27. The van der Waals surface area contributed by atoms with Gasteiger partial charge in [-0.1, -0.05) is 24.3 Å². The number of hydrogen-bond donors (Lipinski definition) is 1. The van der Waals surface area contributed by atoms with Gasteiger partial charge in [0, 0.05) is 32.1 Å². The molecule has 0 saturated heterocycles. The molecule has 0 aliphatic rings. The van der Waals surface area contributed by atoms with Crippen LogP contribution >= 0.6 is 0 Å². The van der Waals surface area contributed by atoms with E-state index < -0.39 is 0 Å². The summed E-state index contributed by atoms with van der Waals surface area (Å²) in [5.41, 5.74) is 2.89. The van der Waals surface area contributed by atoms with Gasteiger partial charge in [-0.15, -0.1) is 0 Å². The van der Waals surface area contributed by atoms with E-state index in [0.717, 1.165) is 16.8 Å². The fourth-order valence-corrected chi connectivity index (χ4v) is 3.00. The summed E-state index contributed by atoms with van der Waals surface area (Å²) in [6, 6.07) is 13.4. The SMILES string of the molecule is COc1ccc(CCNC(=O)CCN(C(C)=O)c2ccccc2C)cc1OC. The maximum absolute atomic E-state index is 12.2. The van der Waals surface area contributed by atoms with E-state index in [1.807, 2.05) is 49.4 Å². The molecule has 0 radical (unpaired) electrons. The number of nitrogens with zero attached hydrogens (tertiary/aromatic N) is 1. The van der Waals surface area contributed by atoms with Gasteiger partial charge < -0.3 is 19.7 Å². The van der Waals surface area contributed by atoms with Crippen molar-refractivity contribution in [2.75, 3.05) is 32.2 Å². The number of anilines is 1. The van der Waals surface area contributed by atoms with E-state index in [1.165, 1.54) is 6.92 Å². The number of methoxy groups -OCH3 is 2. The van der Waals surface area contributed by atoms with Gasteiger partial charge in [-0.25, -0.2) is 0 Å². The van der Waals surface area contributed by atoms with E-state index >= 15 is 0 Å². The van der Waals surface area contributed by atoms with E-state index in [2.05, 4.69) is 5.32 Å². The lowest BCUT2D eigenvalue weighted by molar-refractivity contribution is -0.121. The third-order valence-electron chi connectivity index (χ3n) is 4.53. The fourth-order valence-electron chi connectivity index (χ4n) is 3.00. The number of hydrogen-bond acceptors (Lipinski definition) is 4. The van der Waals surface area contributed by atoms with Crippen molar-refractivity contribution < 1.29 is 19.1 Å². The second kappa shape index (κ2) is 10.3. The lowest BCUT2D eigenvalue weighted by Gasteiger charge is -2.22. The molecule has 0 spiro atoms. The highest BCUT2D eigenvalue weighted by Crippen LogP contribution is 2.27. The molecule has 2 aromatic rings. The van der Waals surface area contributed by atoms with Crippen molar-refractivity contribution in [3.63, 3.8) is 0 Å². The van der Waals surface area contributed by atoms with Crippen LogP contribution in [-0.4, -0.2) is 39.1 Å². The molecule has 2 amide bonds. The van der Waals surface area contributed by atoms with E-state index in [0.29, 0.717) is 31.0 Å². The number of carbonyl (C=O) groups excluding carboxylic acids is 2. The molecule has 2 aromatic carbocycles. The maximum atomic E-state index is 12.2. The molecule has 6 nitrogen and oxygen atoms in total. The van der Waals surface area contributed by atoms with Gasteiger partial charge in [0.2, 0.25) is 11.8 Å². The molecule has 6 heteroatoms. The Morgan fingerprint density at radius 3 is 2.39 bits per heavy atom. The van der Waals surface area contributed by atoms with Crippen LogP contribution < -0.4 is 19.7 Å². The maximum Gasteiger partial charge on any atom is 0.223 e. The molecular formula is C22H28N2O4. The summed E-state index contributed by atoms with van der Waals surface area (Å²) in [5.74, 6) is 1.19. The monoisotopic (exact) mass is 384 g/mol. The van der Waals surface area contributed by atoms with E-state index in [4.69, 9.17) is 9.47 Å². The lowest BCUT2D eigenvalue weighted by atomic mass is 10.1. The fraction of sp³-hybridized carbons (Fsp3) is 0.364. The molecule has 0 unspecified atom stereocenters. The quantitative estimate of drug-likeness (QED) is 0.721. The standard InChI is InChI=1S/C22H28N2O4/c1-16-7-5-6-8-19(16)24(17(2)25)14-12-22(26)23-13-11-18-9-10-20(27-3)21(15-18)28-4/h5-10,15H,11-14H2,1-4H3,(H,23,26). The Kier molecular flexibility index (Phi) is 7.87. The zero-order chi connectivity index (χ0) is 20.5. The highest BCUT2D eigenvalue weighted by atomic mass is 16.5. The smallest absolute Gasteiger partial charge is 0.223 e. The molecule has 0 fully saturated rings. The Labute approximate surface area is 166 Å². The molecule has 0 heterocycles. The summed E-state index contributed by atoms with van der Waals surface area (Å²) < 4.78 is 10.5. The first kappa shape index (κ1) is 21.3. The number of rotatable bonds is 9. The van der Waals surface area contributed by atoms with Gasteiger partial charge in [0.1, 0.15) is 0 Å². The third-order valence-corrected chi connectivity index (χ3v) is 4.53. The summed E-state index contributed by atoms with van der Waals surface area (Å²) in [5, 5.41) is 2.91. The second-order valence-electron chi connectivity index (χ2n) is 6.50. The van der Waals surface area contributed by atoms with Crippen LogP contribution in [0.2, 0.25) is 0 Å². The zero-order valence-electron chi connectivity index (χ0n) is 17.0. The predicted octanol–water partition coefficient (Wildman–Crippen LogP) is 3.11. The summed E-state index contributed by atoms with van der Waals surface area (Å²) in [4.78, 5) is 25.8. The van der Waals surface area contributed by atoms with Gasteiger partial charge >= 0.3 is 0 Å². The van der Waals surface area contributed by atoms with Crippen LogP contribution in [0.1, 0.15) is 24.5 Å². The van der Waals surface area contributed by atoms with Crippen LogP contribution in [0.15, 0.2) is 42.5 Å². The minimum absolute atomic E-state index is 0.0765. The highest BCUT2D eigenvalue weighted by Gasteiger charge is 2.15. The number of aryl methyl sites for hydroxylation is 1. The topological polar surface area (TPSA) is 67.9 Å². The molecule has 0 aliphatic carbocycles. The molecule has 2 rings (SSSR count). The van der Waals surface area contributed by atoms with Gasteiger partial charge in [0.15, 0.2) is 11.5 Å². The van der Waals surface area contributed by atoms with Crippen LogP contribution in [0, 0.1) is 6.92 Å². The van der Waals surface area contributed by atoms with Crippen LogP contribution in [0.25, 0.3) is 0 Å². The van der Waals surface area contributed by atoms with Crippen molar-refractivity contribution in [1.29, 1.82) is 0 Å². The van der Waals surface area contributed by atoms with Gasteiger partial charge in [-0.2, -0.15) is 0 Å². The summed E-state index contributed by atoms with van der Waals surface area (Å²) in [6.45, 7) is 4.33. The van der Waals surface area contributed by atoms with Crippen molar-refractivity contribution in [3.8, 4) is 11.5 Å². The zero-order valence-corrected chi connectivity index (χ0v) is 17.0. The highest BCUT2D eigenvalue weighted by molar-refractivity contribution is 5.93. The Bertz CT molecular complexity index is 820. The average Bonchev–Trinajstić information content (AvgIpc) is 2.69. The van der Waals surface area contributed by atoms with Crippen molar-refractivity contribution in [3.05, 3.63) is 53.6 Å². The normalized spacial score (nSPS) is 10.3. The Morgan fingerprint density at radius 1 is 1.04 bits per heavy atom. The predicted molar refractivity (Wildman–Crippen MR) is 110 cm³/mol. The Morgan fingerprint density at radius 2 is 1.75 bits per heavy atom. The number of benzene rings is 2. The molecule has 0 atom stereocenters. The summed E-state index contributed by atoms with van der Waals surface area (Å²) >= 11 is 0. The van der Waals surface area contributed by atoms with E-state index in [-0.39, 0.29) is 18.2 Å². The van der Waals surface area contributed by atoms with Gasteiger partial charge in [0.25, 0.3) is 0 Å². The van der Waals surface area contributed by atoms with Gasteiger partial charge in [-0.05, 0) is 42.7 Å².